The highest BCUT2D eigenvalue weighted by Crippen LogP contribution is 2.37. The summed E-state index contributed by atoms with van der Waals surface area (Å²) in [4.78, 5) is 24.7. The predicted octanol–water partition coefficient (Wildman–Crippen LogP) is 7.26. The molecule has 1 fully saturated rings. The second-order valence-electron chi connectivity index (χ2n) is 11.1. The number of carboxylic acids is 1. The molecule has 7 heteroatoms. The molecule has 1 saturated carbocycles. The van der Waals surface area contributed by atoms with Gasteiger partial charge in [0, 0.05) is 41.2 Å². The molecule has 0 radical (unpaired) electrons. The Morgan fingerprint density at radius 3 is 2.52 bits per heavy atom. The monoisotopic (exact) mass is 558 g/mol. The molecule has 1 atom stereocenters. The molecular formula is C33H35ClN2O4. The van der Waals surface area contributed by atoms with Crippen molar-refractivity contribution in [2.45, 2.75) is 65.6 Å². The van der Waals surface area contributed by atoms with Gasteiger partial charge in [-0.2, -0.15) is 0 Å². The average Bonchev–Trinajstić information content (AvgIpc) is 3.75. The fourth-order valence-electron chi connectivity index (χ4n) is 5.14. The third-order valence-corrected chi connectivity index (χ3v) is 8.17. The number of amides is 1. The van der Waals surface area contributed by atoms with Crippen molar-refractivity contribution >= 4 is 34.4 Å². The number of hydrogen-bond donors (Lipinski definition) is 2. The minimum atomic E-state index is -0.962. The SMILES string of the molecule is Cc1c(C)n(Cc2ccc(Cl)c(OC(C(=O)O)C3CC3)c2)c2ccc(C(=O)NCc3cccc(C(C)C)c3)cc12. The van der Waals surface area contributed by atoms with Crippen molar-refractivity contribution in [1.82, 2.24) is 9.88 Å². The van der Waals surface area contributed by atoms with Crippen molar-refractivity contribution in [2.75, 3.05) is 0 Å². The summed E-state index contributed by atoms with van der Waals surface area (Å²) in [7, 11) is 0. The van der Waals surface area contributed by atoms with Crippen molar-refractivity contribution in [2.24, 2.45) is 5.92 Å². The Labute approximate surface area is 239 Å². The van der Waals surface area contributed by atoms with Crippen LogP contribution in [0.4, 0.5) is 0 Å². The van der Waals surface area contributed by atoms with E-state index in [-0.39, 0.29) is 11.8 Å². The van der Waals surface area contributed by atoms with E-state index in [4.69, 9.17) is 16.3 Å². The van der Waals surface area contributed by atoms with Crippen LogP contribution in [0.15, 0.2) is 60.7 Å². The Bertz CT molecular complexity index is 1590. The van der Waals surface area contributed by atoms with Crippen LogP contribution in [0.25, 0.3) is 10.9 Å². The first kappa shape index (κ1) is 27.8. The minimum absolute atomic E-state index is 0.0344. The first-order valence-electron chi connectivity index (χ1n) is 13.8. The second-order valence-corrected chi connectivity index (χ2v) is 11.5. The van der Waals surface area contributed by atoms with Crippen LogP contribution in [0.5, 0.6) is 5.75 Å². The summed E-state index contributed by atoms with van der Waals surface area (Å²) in [6.45, 7) is 9.48. The summed E-state index contributed by atoms with van der Waals surface area (Å²) in [5.74, 6) is -0.209. The molecule has 1 unspecified atom stereocenters. The molecule has 3 aromatic carbocycles. The molecule has 2 N–H and O–H groups in total. The van der Waals surface area contributed by atoms with Gasteiger partial charge in [-0.05, 0) is 85.2 Å². The molecule has 208 valence electrons. The maximum atomic E-state index is 13.0. The van der Waals surface area contributed by atoms with E-state index < -0.39 is 12.1 Å². The molecule has 0 spiro atoms. The van der Waals surface area contributed by atoms with Gasteiger partial charge in [-0.1, -0.05) is 55.8 Å². The van der Waals surface area contributed by atoms with Crippen molar-refractivity contribution < 1.29 is 19.4 Å². The van der Waals surface area contributed by atoms with Crippen LogP contribution in [0.3, 0.4) is 0 Å². The van der Waals surface area contributed by atoms with Gasteiger partial charge in [0.1, 0.15) is 5.75 Å². The lowest BCUT2D eigenvalue weighted by atomic mass is 10.0. The van der Waals surface area contributed by atoms with Gasteiger partial charge >= 0.3 is 5.97 Å². The van der Waals surface area contributed by atoms with E-state index in [1.165, 1.54) is 5.56 Å². The van der Waals surface area contributed by atoms with E-state index in [0.717, 1.165) is 46.1 Å². The van der Waals surface area contributed by atoms with E-state index in [9.17, 15) is 14.7 Å². The maximum Gasteiger partial charge on any atom is 0.345 e. The summed E-state index contributed by atoms with van der Waals surface area (Å²) in [6.07, 6.45) is 0.828. The number of aliphatic carboxylic acids is 1. The van der Waals surface area contributed by atoms with Crippen molar-refractivity contribution in [3.05, 3.63) is 99.2 Å². The maximum absolute atomic E-state index is 13.0. The number of nitrogens with zero attached hydrogens (tertiary/aromatic N) is 1. The van der Waals surface area contributed by atoms with Crippen LogP contribution in [0, 0.1) is 19.8 Å². The Morgan fingerprint density at radius 2 is 1.82 bits per heavy atom. The molecule has 0 aliphatic heterocycles. The van der Waals surface area contributed by atoms with Gasteiger partial charge in [-0.3, -0.25) is 4.79 Å². The van der Waals surface area contributed by atoms with Crippen LogP contribution in [-0.2, 0) is 17.9 Å². The first-order valence-corrected chi connectivity index (χ1v) is 14.1. The number of aryl methyl sites for hydroxylation is 1. The zero-order chi connectivity index (χ0) is 28.6. The summed E-state index contributed by atoms with van der Waals surface area (Å²) in [5, 5.41) is 14.1. The zero-order valence-electron chi connectivity index (χ0n) is 23.3. The highest BCUT2D eigenvalue weighted by Gasteiger charge is 2.38. The standard InChI is InChI=1S/C33H35ClN2O4/c1-19(2)25-7-5-6-22(14-25)17-35-32(37)26-11-13-29-27(16-26)20(3)21(4)36(29)18-23-8-12-28(34)30(15-23)40-31(33(38)39)24-9-10-24/h5-8,11-16,19,24,31H,9-10,17-18H2,1-4H3,(H,35,37)(H,38,39). The normalized spacial score (nSPS) is 13.9. The number of ether oxygens (including phenoxy) is 1. The molecule has 1 amide bonds. The molecule has 1 aromatic heterocycles. The van der Waals surface area contributed by atoms with Gasteiger partial charge in [-0.25, -0.2) is 4.79 Å². The lowest BCUT2D eigenvalue weighted by Crippen LogP contribution is -2.29. The van der Waals surface area contributed by atoms with Crippen LogP contribution < -0.4 is 10.1 Å². The number of rotatable bonds is 10. The van der Waals surface area contributed by atoms with Crippen molar-refractivity contribution in [3.8, 4) is 5.75 Å². The van der Waals surface area contributed by atoms with E-state index in [1.807, 2.05) is 42.5 Å². The van der Waals surface area contributed by atoms with Gasteiger partial charge in [0.25, 0.3) is 5.91 Å². The van der Waals surface area contributed by atoms with Gasteiger partial charge in [0.15, 0.2) is 6.10 Å². The van der Waals surface area contributed by atoms with Crippen LogP contribution in [0.1, 0.15) is 70.9 Å². The van der Waals surface area contributed by atoms with E-state index in [2.05, 4.69) is 49.7 Å². The Morgan fingerprint density at radius 1 is 1.05 bits per heavy atom. The summed E-state index contributed by atoms with van der Waals surface area (Å²) < 4.78 is 8.06. The third-order valence-electron chi connectivity index (χ3n) is 7.86. The molecule has 0 saturated heterocycles. The number of carboxylic acid groups (broad SMARTS) is 1. The van der Waals surface area contributed by atoms with Crippen LogP contribution >= 0.6 is 11.6 Å². The number of carbonyl (C=O) groups excluding carboxylic acids is 1. The van der Waals surface area contributed by atoms with Gasteiger partial charge in [0.2, 0.25) is 0 Å². The van der Waals surface area contributed by atoms with Gasteiger partial charge in [-0.15, -0.1) is 0 Å². The average molecular weight is 559 g/mol. The first-order chi connectivity index (χ1) is 19.1. The van der Waals surface area contributed by atoms with Crippen LogP contribution in [-0.4, -0.2) is 27.7 Å². The Kier molecular flexibility index (Phi) is 7.90. The molecule has 5 rings (SSSR count). The van der Waals surface area contributed by atoms with Gasteiger partial charge < -0.3 is 19.7 Å². The quantitative estimate of drug-likeness (QED) is 0.215. The Balaban J connectivity index is 1.35. The molecule has 1 heterocycles. The molecular weight excluding hydrogens is 524 g/mol. The predicted molar refractivity (Wildman–Crippen MR) is 158 cm³/mol. The largest absolute Gasteiger partial charge is 0.478 e. The Hall–Kier alpha value is -3.77. The molecule has 4 aromatic rings. The smallest absolute Gasteiger partial charge is 0.345 e. The topological polar surface area (TPSA) is 80.6 Å². The van der Waals surface area contributed by atoms with E-state index in [1.54, 1.807) is 6.07 Å². The number of fused-ring (bicyclic) bond motifs is 1. The zero-order valence-corrected chi connectivity index (χ0v) is 24.1. The highest BCUT2D eigenvalue weighted by atomic mass is 35.5. The molecule has 6 nitrogen and oxygen atoms in total. The lowest BCUT2D eigenvalue weighted by Gasteiger charge is -2.17. The highest BCUT2D eigenvalue weighted by molar-refractivity contribution is 6.32. The minimum Gasteiger partial charge on any atom is -0.478 e. The lowest BCUT2D eigenvalue weighted by molar-refractivity contribution is -0.146. The number of halogens is 1. The second kappa shape index (κ2) is 11.4. The fraction of sp³-hybridized carbons (Fsp3) is 0.333. The molecule has 1 aliphatic rings. The third kappa shape index (κ3) is 5.87. The molecule has 1 aliphatic carbocycles. The summed E-state index contributed by atoms with van der Waals surface area (Å²) >= 11 is 6.37. The van der Waals surface area contributed by atoms with Gasteiger partial charge in [0.05, 0.1) is 5.02 Å². The summed E-state index contributed by atoms with van der Waals surface area (Å²) in [5.41, 5.74) is 7.13. The van der Waals surface area contributed by atoms with E-state index in [0.29, 0.717) is 35.3 Å². The molecule has 0 bridgehead atoms. The number of benzene rings is 3. The van der Waals surface area contributed by atoms with Crippen molar-refractivity contribution in [1.29, 1.82) is 0 Å². The summed E-state index contributed by atoms with van der Waals surface area (Å²) in [6, 6.07) is 19.6. The van der Waals surface area contributed by atoms with Crippen molar-refractivity contribution in [3.63, 3.8) is 0 Å². The number of nitrogens with one attached hydrogen (secondary N) is 1. The van der Waals surface area contributed by atoms with Crippen LogP contribution in [0.2, 0.25) is 5.02 Å². The molecule has 40 heavy (non-hydrogen) atoms. The number of hydrogen-bond acceptors (Lipinski definition) is 3. The fourth-order valence-corrected chi connectivity index (χ4v) is 5.31. The van der Waals surface area contributed by atoms with E-state index >= 15 is 0 Å². The number of aromatic nitrogens is 1. The number of carbonyl (C=O) groups is 2.